The van der Waals surface area contributed by atoms with E-state index in [9.17, 15) is 19.5 Å². The number of aryl methyl sites for hydroxylation is 2. The van der Waals surface area contributed by atoms with Crippen molar-refractivity contribution in [3.63, 3.8) is 0 Å². The first kappa shape index (κ1) is 31.2. The smallest absolute Gasteiger partial charge is 0.350 e. The van der Waals surface area contributed by atoms with Gasteiger partial charge in [-0.25, -0.2) is 9.78 Å². The van der Waals surface area contributed by atoms with E-state index < -0.39 is 23.7 Å². The molecule has 0 bridgehead atoms. The van der Waals surface area contributed by atoms with Crippen LogP contribution in [0.5, 0.6) is 11.5 Å². The van der Waals surface area contributed by atoms with Crippen molar-refractivity contribution in [1.82, 2.24) is 4.98 Å². The predicted octanol–water partition coefficient (Wildman–Crippen LogP) is 6.71. The molecule has 9 nitrogen and oxygen atoms in total. The number of aliphatic hydroxyl groups excluding tert-OH is 1. The molecule has 10 heteroatoms. The third-order valence-electron chi connectivity index (χ3n) is 7.24. The number of thiazole rings is 1. The molecule has 0 aliphatic carbocycles. The number of ether oxygens (including phenoxy) is 3. The quantitative estimate of drug-likeness (QED) is 0.0644. The van der Waals surface area contributed by atoms with E-state index in [0.29, 0.717) is 41.5 Å². The average molecular weight is 625 g/mol. The molecule has 5 rings (SSSR count). The number of benzene rings is 3. The van der Waals surface area contributed by atoms with Crippen LogP contribution in [0.4, 0.5) is 5.13 Å². The Morgan fingerprint density at radius 3 is 2.33 bits per heavy atom. The molecule has 3 aromatic carbocycles. The molecule has 4 aromatic rings. The maximum atomic E-state index is 13.6. The van der Waals surface area contributed by atoms with E-state index >= 15 is 0 Å². The Balaban J connectivity index is 1.53. The lowest BCUT2D eigenvalue weighted by atomic mass is 9.95. The second-order valence-corrected chi connectivity index (χ2v) is 11.2. The number of carbonyl (C=O) groups is 3. The summed E-state index contributed by atoms with van der Waals surface area (Å²) in [7, 11) is 0. The molecule has 1 aliphatic rings. The van der Waals surface area contributed by atoms with Gasteiger partial charge in [-0.1, -0.05) is 60.4 Å². The van der Waals surface area contributed by atoms with Gasteiger partial charge >= 0.3 is 11.9 Å². The molecular formula is C35H32N2O7S. The van der Waals surface area contributed by atoms with Crippen molar-refractivity contribution in [2.24, 2.45) is 0 Å². The number of ketones is 1. The van der Waals surface area contributed by atoms with Crippen LogP contribution in [0.1, 0.15) is 50.6 Å². The SMILES string of the molecule is C=CCOc1ccc(C2/C(=C(\O)c3ccc(OCc4ccccc4C)cc3)C(=O)C(=O)N2c2nc(C)c(C(=O)OCC)s2)cc1. The van der Waals surface area contributed by atoms with Crippen molar-refractivity contribution in [1.29, 1.82) is 0 Å². The number of anilines is 1. The Hall–Kier alpha value is -5.22. The second-order valence-electron chi connectivity index (χ2n) is 10.2. The number of esters is 1. The summed E-state index contributed by atoms with van der Waals surface area (Å²) in [6.07, 6.45) is 1.62. The van der Waals surface area contributed by atoms with Crippen molar-refractivity contribution in [3.8, 4) is 11.5 Å². The molecule has 230 valence electrons. The van der Waals surface area contributed by atoms with Crippen LogP contribution in [0.3, 0.4) is 0 Å². The Morgan fingerprint density at radius 2 is 1.67 bits per heavy atom. The lowest BCUT2D eigenvalue weighted by Gasteiger charge is -2.23. The molecule has 1 saturated heterocycles. The Kier molecular flexibility index (Phi) is 9.44. The fourth-order valence-corrected chi connectivity index (χ4v) is 5.90. The van der Waals surface area contributed by atoms with Gasteiger partial charge in [-0.2, -0.15) is 0 Å². The summed E-state index contributed by atoms with van der Waals surface area (Å²) in [6, 6.07) is 20.4. The monoisotopic (exact) mass is 624 g/mol. The van der Waals surface area contributed by atoms with Crippen molar-refractivity contribution in [2.75, 3.05) is 18.1 Å². The van der Waals surface area contributed by atoms with E-state index in [1.165, 1.54) is 4.90 Å². The van der Waals surface area contributed by atoms with Crippen molar-refractivity contribution < 1.29 is 33.7 Å². The van der Waals surface area contributed by atoms with Crippen molar-refractivity contribution >= 4 is 39.9 Å². The van der Waals surface area contributed by atoms with E-state index in [1.807, 2.05) is 31.2 Å². The molecule has 45 heavy (non-hydrogen) atoms. The van der Waals surface area contributed by atoms with Crippen LogP contribution in [0, 0.1) is 13.8 Å². The van der Waals surface area contributed by atoms with Gasteiger partial charge in [0.2, 0.25) is 0 Å². The number of nitrogens with zero attached hydrogens (tertiary/aromatic N) is 2. The zero-order chi connectivity index (χ0) is 32.1. The molecule has 1 aromatic heterocycles. The molecule has 1 N–H and O–H groups in total. The van der Waals surface area contributed by atoms with Gasteiger partial charge in [0.25, 0.3) is 5.78 Å². The maximum Gasteiger partial charge on any atom is 0.350 e. The van der Waals surface area contributed by atoms with E-state index in [0.717, 1.165) is 22.5 Å². The fourth-order valence-electron chi connectivity index (χ4n) is 4.92. The number of aliphatic hydroxyl groups is 1. The van der Waals surface area contributed by atoms with Gasteiger partial charge in [0, 0.05) is 5.56 Å². The van der Waals surface area contributed by atoms with Crippen LogP contribution in [0.2, 0.25) is 0 Å². The highest BCUT2D eigenvalue weighted by atomic mass is 32.1. The lowest BCUT2D eigenvalue weighted by molar-refractivity contribution is -0.132. The first-order valence-electron chi connectivity index (χ1n) is 14.3. The number of rotatable bonds is 11. The molecular weight excluding hydrogens is 592 g/mol. The van der Waals surface area contributed by atoms with Crippen molar-refractivity contribution in [2.45, 2.75) is 33.4 Å². The predicted molar refractivity (Wildman–Crippen MR) is 172 cm³/mol. The topological polar surface area (TPSA) is 115 Å². The van der Waals surface area contributed by atoms with E-state index in [-0.39, 0.29) is 27.9 Å². The zero-order valence-electron chi connectivity index (χ0n) is 25.1. The van der Waals surface area contributed by atoms with Gasteiger partial charge in [0.15, 0.2) is 5.13 Å². The minimum absolute atomic E-state index is 0.112. The number of Topliss-reactive ketones (excluding diaryl/α,β-unsaturated/α-hetero) is 1. The fraction of sp³-hybridized carbons (Fsp3) is 0.200. The molecule has 1 fully saturated rings. The van der Waals surface area contributed by atoms with Crippen molar-refractivity contribution in [3.05, 3.63) is 124 Å². The second kappa shape index (κ2) is 13.6. The van der Waals surface area contributed by atoms with Gasteiger partial charge in [0.1, 0.15) is 35.3 Å². The van der Waals surface area contributed by atoms with Crippen LogP contribution < -0.4 is 14.4 Å². The highest BCUT2D eigenvalue weighted by Gasteiger charge is 2.48. The number of hydrogen-bond acceptors (Lipinski definition) is 9. The standard InChI is InChI=1S/C35H32N2O7S/c1-5-19-43-26-15-11-23(12-16-26)29-28(31(39)33(40)37(29)35-36-22(4)32(45-35)34(41)42-6-2)30(38)24-13-17-27(18-14-24)44-20-25-10-8-7-9-21(25)3/h5,7-18,29,38H,1,6,19-20H2,2-4H3/b30-28+. The average Bonchev–Trinajstić information content (AvgIpc) is 3.56. The number of amides is 1. The summed E-state index contributed by atoms with van der Waals surface area (Å²) in [6.45, 7) is 9.84. The molecule has 2 heterocycles. The van der Waals surface area contributed by atoms with Crippen LogP contribution in [0.15, 0.2) is 91.0 Å². The summed E-state index contributed by atoms with van der Waals surface area (Å²) in [5.74, 6) is -1.54. The largest absolute Gasteiger partial charge is 0.507 e. The van der Waals surface area contributed by atoms with Gasteiger partial charge in [-0.15, -0.1) is 0 Å². The van der Waals surface area contributed by atoms with Crippen LogP contribution in [0.25, 0.3) is 5.76 Å². The molecule has 1 aliphatic heterocycles. The summed E-state index contributed by atoms with van der Waals surface area (Å²) >= 11 is 0.950. The van der Waals surface area contributed by atoms with Gasteiger partial charge in [-0.3, -0.25) is 14.5 Å². The maximum absolute atomic E-state index is 13.6. The Bertz CT molecular complexity index is 1770. The summed E-state index contributed by atoms with van der Waals surface area (Å²) < 4.78 is 16.7. The third kappa shape index (κ3) is 6.51. The minimum Gasteiger partial charge on any atom is -0.507 e. The number of carbonyl (C=O) groups excluding carboxylic acids is 3. The molecule has 0 saturated carbocycles. The molecule has 1 atom stereocenters. The Morgan fingerprint density at radius 1 is 1.00 bits per heavy atom. The molecule has 1 unspecified atom stereocenters. The molecule has 1 amide bonds. The van der Waals surface area contributed by atoms with Crippen LogP contribution in [-0.2, 0) is 20.9 Å². The molecule has 0 radical (unpaired) electrons. The highest BCUT2D eigenvalue weighted by molar-refractivity contribution is 7.17. The van der Waals surface area contributed by atoms with Gasteiger partial charge < -0.3 is 19.3 Å². The van der Waals surface area contributed by atoms with Gasteiger partial charge in [-0.05, 0) is 73.9 Å². The lowest BCUT2D eigenvalue weighted by Crippen LogP contribution is -2.29. The molecule has 0 spiro atoms. The number of hydrogen-bond donors (Lipinski definition) is 1. The number of aromatic nitrogens is 1. The summed E-state index contributed by atoms with van der Waals surface area (Å²) in [4.78, 5) is 45.6. The van der Waals surface area contributed by atoms with Crippen LogP contribution in [-0.4, -0.2) is 41.0 Å². The highest BCUT2D eigenvalue weighted by Crippen LogP contribution is 2.44. The minimum atomic E-state index is -1.03. The van der Waals surface area contributed by atoms with E-state index in [4.69, 9.17) is 14.2 Å². The first-order chi connectivity index (χ1) is 21.7. The van der Waals surface area contributed by atoms with Gasteiger partial charge in [0.05, 0.1) is 23.9 Å². The summed E-state index contributed by atoms with van der Waals surface area (Å²) in [5, 5.41) is 11.7. The Labute approximate surface area is 265 Å². The zero-order valence-corrected chi connectivity index (χ0v) is 25.9. The first-order valence-corrected chi connectivity index (χ1v) is 15.1. The van der Waals surface area contributed by atoms with E-state index in [2.05, 4.69) is 11.6 Å². The normalized spacial score (nSPS) is 15.6. The third-order valence-corrected chi connectivity index (χ3v) is 8.38. The van der Waals surface area contributed by atoms with E-state index in [1.54, 1.807) is 68.5 Å². The van der Waals surface area contributed by atoms with Crippen LogP contribution >= 0.6 is 11.3 Å². The summed E-state index contributed by atoms with van der Waals surface area (Å²) in [5.41, 5.74) is 3.28.